The van der Waals surface area contributed by atoms with Gasteiger partial charge in [-0.05, 0) is 41.8 Å². The van der Waals surface area contributed by atoms with E-state index in [1.54, 1.807) is 25.3 Å². The number of ether oxygens (including phenoxy) is 1. The number of hydrogen-bond acceptors (Lipinski definition) is 2. The minimum atomic E-state index is -4.82. The molecule has 2 aromatic carbocycles. The second kappa shape index (κ2) is 7.36. The van der Waals surface area contributed by atoms with E-state index < -0.39 is 6.36 Å². The van der Waals surface area contributed by atoms with E-state index in [0.29, 0.717) is 22.7 Å². The summed E-state index contributed by atoms with van der Waals surface area (Å²) in [6.07, 6.45) is -2.66. The van der Waals surface area contributed by atoms with Crippen LogP contribution >= 0.6 is 23.2 Å². The lowest BCUT2D eigenvalue weighted by Crippen LogP contribution is -2.17. The molecule has 0 fully saturated rings. The van der Waals surface area contributed by atoms with Crippen LogP contribution in [0.5, 0.6) is 5.75 Å². The van der Waals surface area contributed by atoms with Crippen molar-refractivity contribution in [1.82, 2.24) is 0 Å². The van der Waals surface area contributed by atoms with Gasteiger partial charge in [-0.3, -0.25) is 0 Å². The summed E-state index contributed by atoms with van der Waals surface area (Å²) in [5, 5.41) is 3.47. The van der Waals surface area contributed by atoms with Crippen LogP contribution < -0.4 is 10.1 Å². The maximum atomic E-state index is 12.7. The molecule has 0 aliphatic rings. The molecular formula is C17H14Cl2F3NO. The Morgan fingerprint density at radius 3 is 2.50 bits per heavy atom. The van der Waals surface area contributed by atoms with Crippen molar-refractivity contribution in [2.45, 2.75) is 12.8 Å². The average molecular weight is 376 g/mol. The minimum Gasteiger partial charge on any atom is -0.405 e. The van der Waals surface area contributed by atoms with Gasteiger partial charge in [-0.1, -0.05) is 35.3 Å². The van der Waals surface area contributed by atoms with Gasteiger partial charge in [0.05, 0.1) is 15.7 Å². The molecule has 0 aliphatic carbocycles. The molecule has 2 nitrogen and oxygen atoms in total. The Kier molecular flexibility index (Phi) is 5.67. The summed E-state index contributed by atoms with van der Waals surface area (Å²) in [4.78, 5) is 0. The molecule has 0 atom stereocenters. The van der Waals surface area contributed by atoms with E-state index in [9.17, 15) is 13.2 Å². The van der Waals surface area contributed by atoms with E-state index in [0.717, 1.165) is 5.56 Å². The highest BCUT2D eigenvalue weighted by Gasteiger charge is 2.32. The van der Waals surface area contributed by atoms with E-state index in [-0.39, 0.29) is 16.3 Å². The van der Waals surface area contributed by atoms with E-state index in [2.05, 4.69) is 16.6 Å². The second-order valence-electron chi connectivity index (χ2n) is 4.90. The predicted molar refractivity (Wildman–Crippen MR) is 92.0 cm³/mol. The highest BCUT2D eigenvalue weighted by molar-refractivity contribution is 6.35. The van der Waals surface area contributed by atoms with Gasteiger partial charge in [-0.2, -0.15) is 0 Å². The van der Waals surface area contributed by atoms with E-state index in [1.807, 2.05) is 0 Å². The molecule has 0 aromatic heterocycles. The molecule has 24 heavy (non-hydrogen) atoms. The van der Waals surface area contributed by atoms with Crippen molar-refractivity contribution in [2.75, 3.05) is 12.4 Å². The molecule has 0 spiro atoms. The first-order chi connectivity index (χ1) is 11.3. The number of benzene rings is 2. The third-order valence-electron chi connectivity index (χ3n) is 3.28. The van der Waals surface area contributed by atoms with Gasteiger partial charge in [0, 0.05) is 12.6 Å². The summed E-state index contributed by atoms with van der Waals surface area (Å²) >= 11 is 12.4. The van der Waals surface area contributed by atoms with E-state index >= 15 is 0 Å². The molecule has 128 valence electrons. The Bertz CT molecular complexity index is 760. The minimum absolute atomic E-state index is 0.131. The highest BCUT2D eigenvalue weighted by atomic mass is 35.5. The highest BCUT2D eigenvalue weighted by Crippen LogP contribution is 2.42. The van der Waals surface area contributed by atoms with Crippen LogP contribution in [0.3, 0.4) is 0 Å². The summed E-state index contributed by atoms with van der Waals surface area (Å²) < 4.78 is 42.1. The lowest BCUT2D eigenvalue weighted by molar-refractivity contribution is -0.274. The Morgan fingerprint density at radius 1 is 1.21 bits per heavy atom. The van der Waals surface area contributed by atoms with Crippen molar-refractivity contribution in [3.63, 3.8) is 0 Å². The van der Waals surface area contributed by atoms with Crippen molar-refractivity contribution >= 4 is 28.9 Å². The fraction of sp³-hybridized carbons (Fsp3) is 0.176. The van der Waals surface area contributed by atoms with Crippen LogP contribution in [0, 0.1) is 0 Å². The zero-order valence-corrected chi connectivity index (χ0v) is 14.2. The zero-order valence-electron chi connectivity index (χ0n) is 12.7. The normalized spacial score (nSPS) is 11.2. The van der Waals surface area contributed by atoms with Crippen LogP contribution in [0.1, 0.15) is 5.56 Å². The maximum Gasteiger partial charge on any atom is 0.573 e. The number of anilines is 1. The number of alkyl halides is 3. The Morgan fingerprint density at radius 2 is 1.92 bits per heavy atom. The summed E-state index contributed by atoms with van der Waals surface area (Å²) in [5.74, 6) is -0.382. The monoisotopic (exact) mass is 375 g/mol. The Balaban J connectivity index is 2.66. The largest absolute Gasteiger partial charge is 0.573 e. The van der Waals surface area contributed by atoms with Crippen molar-refractivity contribution in [3.8, 4) is 16.9 Å². The number of hydrogen-bond donors (Lipinski definition) is 1. The van der Waals surface area contributed by atoms with Gasteiger partial charge < -0.3 is 10.1 Å². The molecule has 0 bridgehead atoms. The van der Waals surface area contributed by atoms with Gasteiger partial charge in [-0.25, -0.2) is 0 Å². The third kappa shape index (κ3) is 4.16. The van der Waals surface area contributed by atoms with Crippen LogP contribution in [-0.2, 0) is 6.42 Å². The number of halogens is 5. The van der Waals surface area contributed by atoms with Crippen LogP contribution in [0.2, 0.25) is 10.0 Å². The van der Waals surface area contributed by atoms with Crippen LogP contribution in [-0.4, -0.2) is 13.4 Å². The van der Waals surface area contributed by atoms with Crippen LogP contribution in [0.25, 0.3) is 11.1 Å². The zero-order chi connectivity index (χ0) is 17.9. The summed E-state index contributed by atoms with van der Waals surface area (Å²) in [6.45, 7) is 3.68. The van der Waals surface area contributed by atoms with Crippen molar-refractivity contribution in [1.29, 1.82) is 0 Å². The fourth-order valence-corrected chi connectivity index (χ4v) is 3.01. The van der Waals surface area contributed by atoms with Gasteiger partial charge in [0.1, 0.15) is 5.75 Å². The van der Waals surface area contributed by atoms with Crippen LogP contribution in [0.4, 0.5) is 18.9 Å². The fourth-order valence-electron chi connectivity index (χ4n) is 2.40. The Hall–Kier alpha value is -1.85. The maximum absolute atomic E-state index is 12.7. The quantitative estimate of drug-likeness (QED) is 0.616. The summed E-state index contributed by atoms with van der Waals surface area (Å²) in [5.41, 5.74) is 2.03. The lowest BCUT2D eigenvalue weighted by Gasteiger charge is -2.17. The molecule has 0 saturated heterocycles. The van der Waals surface area contributed by atoms with Crippen molar-refractivity contribution in [2.24, 2.45) is 0 Å². The molecule has 2 aromatic rings. The van der Waals surface area contributed by atoms with Crippen molar-refractivity contribution in [3.05, 3.63) is 58.6 Å². The predicted octanol–water partition coefficient (Wildman–Crippen LogP) is 6.33. The van der Waals surface area contributed by atoms with Gasteiger partial charge in [-0.15, -0.1) is 19.8 Å². The van der Waals surface area contributed by atoms with Crippen LogP contribution in [0.15, 0.2) is 43.0 Å². The topological polar surface area (TPSA) is 21.3 Å². The number of rotatable bonds is 5. The molecule has 0 amide bonds. The first-order valence-corrected chi connectivity index (χ1v) is 7.68. The molecule has 2 rings (SSSR count). The molecule has 1 N–H and O–H groups in total. The van der Waals surface area contributed by atoms with Gasteiger partial charge in [0.15, 0.2) is 0 Å². The molecule has 0 saturated carbocycles. The number of nitrogens with one attached hydrogen (secondary N) is 1. The van der Waals surface area contributed by atoms with E-state index in [1.165, 1.54) is 18.2 Å². The molecule has 7 heteroatoms. The molecule has 0 aliphatic heterocycles. The first-order valence-electron chi connectivity index (χ1n) is 6.92. The molecule has 0 radical (unpaired) electrons. The first kappa shape index (κ1) is 18.5. The second-order valence-corrected chi connectivity index (χ2v) is 5.71. The number of allylic oxidation sites excluding steroid dienone is 1. The summed E-state index contributed by atoms with van der Waals surface area (Å²) in [6, 6.07) is 7.35. The smallest absolute Gasteiger partial charge is 0.405 e. The molecule has 0 heterocycles. The standard InChI is InChI=1S/C17H14Cl2F3NO/c1-3-5-10-8-11(9-13(19)16(10)23-2)15-12(18)6-4-7-14(15)24-17(20,21)22/h3-4,6-9,23H,1,5H2,2H3. The molecular weight excluding hydrogens is 362 g/mol. The SMILES string of the molecule is C=CCc1cc(-c2c(Cl)cccc2OC(F)(F)F)cc(Cl)c1NC. The summed E-state index contributed by atoms with van der Waals surface area (Å²) in [7, 11) is 1.71. The molecule has 0 unspecified atom stereocenters. The van der Waals surface area contributed by atoms with E-state index in [4.69, 9.17) is 23.2 Å². The van der Waals surface area contributed by atoms with Gasteiger partial charge in [0.2, 0.25) is 0 Å². The van der Waals surface area contributed by atoms with Gasteiger partial charge >= 0.3 is 6.36 Å². The lowest BCUT2D eigenvalue weighted by atomic mass is 9.99. The third-order valence-corrected chi connectivity index (χ3v) is 3.89. The average Bonchev–Trinajstić information content (AvgIpc) is 2.45. The van der Waals surface area contributed by atoms with Crippen molar-refractivity contribution < 1.29 is 17.9 Å². The Labute approximate surface area is 147 Å². The van der Waals surface area contributed by atoms with Gasteiger partial charge in [0.25, 0.3) is 0 Å².